The highest BCUT2D eigenvalue weighted by molar-refractivity contribution is 8.00. The SMILES string of the molecule is CNc1nnc(SCc2cccc(C#N)c2)s1. The van der Waals surface area contributed by atoms with Crippen LogP contribution >= 0.6 is 23.1 Å². The van der Waals surface area contributed by atoms with Crippen LogP contribution in [0, 0.1) is 11.3 Å². The molecular weight excluding hydrogens is 252 g/mol. The van der Waals surface area contributed by atoms with E-state index in [-0.39, 0.29) is 0 Å². The van der Waals surface area contributed by atoms with Gasteiger partial charge in [-0.15, -0.1) is 10.2 Å². The van der Waals surface area contributed by atoms with Crippen molar-refractivity contribution in [3.8, 4) is 6.07 Å². The first-order valence-electron chi connectivity index (χ1n) is 4.95. The molecule has 0 amide bonds. The highest BCUT2D eigenvalue weighted by atomic mass is 32.2. The molecule has 0 aliphatic rings. The molecule has 86 valence electrons. The molecule has 0 saturated heterocycles. The van der Waals surface area contributed by atoms with E-state index < -0.39 is 0 Å². The van der Waals surface area contributed by atoms with Crippen molar-refractivity contribution in [2.24, 2.45) is 0 Å². The molecule has 17 heavy (non-hydrogen) atoms. The Hall–Kier alpha value is -1.58. The number of nitriles is 1. The largest absolute Gasteiger partial charge is 0.363 e. The Morgan fingerprint density at radius 3 is 3.06 bits per heavy atom. The van der Waals surface area contributed by atoms with Crippen molar-refractivity contribution in [2.75, 3.05) is 12.4 Å². The van der Waals surface area contributed by atoms with Gasteiger partial charge >= 0.3 is 0 Å². The van der Waals surface area contributed by atoms with E-state index in [4.69, 9.17) is 5.26 Å². The minimum atomic E-state index is 0.691. The van der Waals surface area contributed by atoms with Crippen molar-refractivity contribution < 1.29 is 0 Å². The number of rotatable bonds is 4. The smallest absolute Gasteiger partial charge is 0.206 e. The summed E-state index contributed by atoms with van der Waals surface area (Å²) in [6.45, 7) is 0. The highest BCUT2D eigenvalue weighted by Gasteiger charge is 2.03. The predicted molar refractivity (Wildman–Crippen MR) is 70.2 cm³/mol. The van der Waals surface area contributed by atoms with E-state index in [1.165, 1.54) is 11.3 Å². The van der Waals surface area contributed by atoms with Crippen molar-refractivity contribution in [1.29, 1.82) is 5.26 Å². The minimum absolute atomic E-state index is 0.691. The first kappa shape index (κ1) is 11.9. The average molecular weight is 262 g/mol. The van der Waals surface area contributed by atoms with Crippen LogP contribution in [0.3, 0.4) is 0 Å². The monoisotopic (exact) mass is 262 g/mol. The number of anilines is 1. The molecule has 4 nitrogen and oxygen atoms in total. The van der Waals surface area contributed by atoms with E-state index in [0.717, 1.165) is 20.8 Å². The van der Waals surface area contributed by atoms with Gasteiger partial charge in [0.25, 0.3) is 0 Å². The Balaban J connectivity index is 1.99. The normalized spacial score (nSPS) is 9.88. The molecule has 1 aromatic carbocycles. The molecule has 0 radical (unpaired) electrons. The van der Waals surface area contributed by atoms with E-state index in [0.29, 0.717) is 5.56 Å². The number of benzene rings is 1. The lowest BCUT2D eigenvalue weighted by Crippen LogP contribution is -1.84. The summed E-state index contributed by atoms with van der Waals surface area (Å²) in [6, 6.07) is 9.74. The van der Waals surface area contributed by atoms with Crippen molar-refractivity contribution in [1.82, 2.24) is 10.2 Å². The number of nitrogens with one attached hydrogen (secondary N) is 1. The van der Waals surface area contributed by atoms with Crippen LogP contribution in [0.15, 0.2) is 28.6 Å². The lowest BCUT2D eigenvalue weighted by molar-refractivity contribution is 1.01. The van der Waals surface area contributed by atoms with Gasteiger partial charge in [-0.25, -0.2) is 0 Å². The van der Waals surface area contributed by atoms with Gasteiger partial charge in [0.1, 0.15) is 0 Å². The predicted octanol–water partition coefficient (Wildman–Crippen LogP) is 2.74. The molecule has 6 heteroatoms. The Kier molecular flexibility index (Phi) is 3.96. The fourth-order valence-corrected chi connectivity index (χ4v) is 2.89. The molecule has 0 unspecified atom stereocenters. The summed E-state index contributed by atoms with van der Waals surface area (Å²) in [5.41, 5.74) is 1.81. The molecule has 0 fully saturated rings. The first-order chi connectivity index (χ1) is 8.31. The van der Waals surface area contributed by atoms with Gasteiger partial charge in [0.2, 0.25) is 5.13 Å². The van der Waals surface area contributed by atoms with E-state index in [1.54, 1.807) is 17.8 Å². The Morgan fingerprint density at radius 2 is 2.35 bits per heavy atom. The Bertz CT molecular complexity index is 544. The van der Waals surface area contributed by atoms with Crippen molar-refractivity contribution in [3.63, 3.8) is 0 Å². The van der Waals surface area contributed by atoms with Crippen molar-refractivity contribution >= 4 is 28.2 Å². The third-order valence-electron chi connectivity index (χ3n) is 2.04. The topological polar surface area (TPSA) is 61.6 Å². The molecule has 1 heterocycles. The van der Waals surface area contributed by atoms with Crippen LogP contribution in [-0.4, -0.2) is 17.2 Å². The zero-order valence-electron chi connectivity index (χ0n) is 9.17. The molecule has 0 aliphatic carbocycles. The lowest BCUT2D eigenvalue weighted by atomic mass is 10.2. The molecule has 0 aliphatic heterocycles. The second-order valence-electron chi connectivity index (χ2n) is 3.22. The molecule has 1 N–H and O–H groups in total. The molecule has 0 spiro atoms. The summed E-state index contributed by atoms with van der Waals surface area (Å²) < 4.78 is 0.928. The first-order valence-corrected chi connectivity index (χ1v) is 6.75. The maximum atomic E-state index is 8.80. The third kappa shape index (κ3) is 3.19. The summed E-state index contributed by atoms with van der Waals surface area (Å²) in [6.07, 6.45) is 0. The van der Waals surface area contributed by atoms with Crippen molar-refractivity contribution in [2.45, 2.75) is 10.1 Å². The van der Waals surface area contributed by atoms with Crippen LogP contribution in [0.2, 0.25) is 0 Å². The van der Waals surface area contributed by atoms with Crippen LogP contribution < -0.4 is 5.32 Å². The number of hydrogen-bond donors (Lipinski definition) is 1. The lowest BCUT2D eigenvalue weighted by Gasteiger charge is -1.98. The van der Waals surface area contributed by atoms with Gasteiger partial charge in [-0.3, -0.25) is 0 Å². The van der Waals surface area contributed by atoms with Gasteiger partial charge in [-0.2, -0.15) is 5.26 Å². The number of hydrogen-bond acceptors (Lipinski definition) is 6. The fraction of sp³-hybridized carbons (Fsp3) is 0.182. The van der Waals surface area contributed by atoms with Crippen LogP contribution in [0.1, 0.15) is 11.1 Å². The van der Waals surface area contributed by atoms with E-state index >= 15 is 0 Å². The molecule has 0 saturated carbocycles. The molecule has 2 aromatic rings. The van der Waals surface area contributed by atoms with Crippen LogP contribution in [-0.2, 0) is 5.75 Å². The van der Waals surface area contributed by atoms with Crippen molar-refractivity contribution in [3.05, 3.63) is 35.4 Å². The number of aromatic nitrogens is 2. The van der Waals surface area contributed by atoms with E-state index in [2.05, 4.69) is 21.6 Å². The summed E-state index contributed by atoms with van der Waals surface area (Å²) >= 11 is 3.15. The molecule has 0 atom stereocenters. The second-order valence-corrected chi connectivity index (χ2v) is 5.42. The van der Waals surface area contributed by atoms with E-state index in [9.17, 15) is 0 Å². The highest BCUT2D eigenvalue weighted by Crippen LogP contribution is 2.28. The van der Waals surface area contributed by atoms with Gasteiger partial charge in [-0.1, -0.05) is 35.2 Å². The second kappa shape index (κ2) is 5.66. The Labute approximate surface area is 108 Å². The molecule has 2 rings (SSSR count). The minimum Gasteiger partial charge on any atom is -0.363 e. The molecular formula is C11H10N4S2. The average Bonchev–Trinajstić information content (AvgIpc) is 2.84. The van der Waals surface area contributed by atoms with Gasteiger partial charge in [-0.05, 0) is 17.7 Å². The number of thioether (sulfide) groups is 1. The third-order valence-corrected chi connectivity index (χ3v) is 4.18. The van der Waals surface area contributed by atoms with Gasteiger partial charge in [0.05, 0.1) is 11.6 Å². The summed E-state index contributed by atoms with van der Waals surface area (Å²) in [7, 11) is 1.82. The maximum Gasteiger partial charge on any atom is 0.206 e. The quantitative estimate of drug-likeness (QED) is 0.858. The maximum absolute atomic E-state index is 8.80. The number of nitrogens with zero attached hydrogens (tertiary/aromatic N) is 3. The van der Waals surface area contributed by atoms with Gasteiger partial charge in [0.15, 0.2) is 4.34 Å². The van der Waals surface area contributed by atoms with Crippen LogP contribution in [0.25, 0.3) is 0 Å². The zero-order chi connectivity index (χ0) is 12.1. The summed E-state index contributed by atoms with van der Waals surface area (Å²) in [5.74, 6) is 0.799. The zero-order valence-corrected chi connectivity index (χ0v) is 10.8. The van der Waals surface area contributed by atoms with Crippen LogP contribution in [0.5, 0.6) is 0 Å². The Morgan fingerprint density at radius 1 is 1.47 bits per heavy atom. The van der Waals surface area contributed by atoms with Crippen LogP contribution in [0.4, 0.5) is 5.13 Å². The van der Waals surface area contributed by atoms with Gasteiger partial charge in [0, 0.05) is 12.8 Å². The van der Waals surface area contributed by atoms with Gasteiger partial charge < -0.3 is 5.32 Å². The standard InChI is InChI=1S/C11H10N4S2/c1-13-10-14-15-11(17-10)16-7-9-4-2-3-8(5-9)6-12/h2-5H,7H2,1H3,(H,13,14). The molecule has 0 bridgehead atoms. The summed E-state index contributed by atoms with van der Waals surface area (Å²) in [5, 5.41) is 20.6. The fourth-order valence-electron chi connectivity index (χ4n) is 1.24. The van der Waals surface area contributed by atoms with E-state index in [1.807, 2.05) is 25.2 Å². The molecule has 1 aromatic heterocycles. The summed E-state index contributed by atoms with van der Waals surface area (Å²) in [4.78, 5) is 0.